The minimum atomic E-state index is -0.482. The molecule has 164 valence electrons. The van der Waals surface area contributed by atoms with Crippen molar-refractivity contribution >= 4 is 17.0 Å². The first-order valence-corrected chi connectivity index (χ1v) is 11.2. The summed E-state index contributed by atoms with van der Waals surface area (Å²) in [7, 11) is 0. The van der Waals surface area contributed by atoms with E-state index in [9.17, 15) is 4.79 Å². The fourth-order valence-corrected chi connectivity index (χ4v) is 4.25. The number of aromatic nitrogens is 4. The molecule has 0 radical (unpaired) electrons. The molecule has 1 aliphatic carbocycles. The van der Waals surface area contributed by atoms with Gasteiger partial charge in [-0.05, 0) is 58.9 Å². The zero-order valence-electron chi connectivity index (χ0n) is 18.4. The summed E-state index contributed by atoms with van der Waals surface area (Å²) in [6, 6.07) is 6.71. The molecule has 5 rings (SSSR count). The zero-order chi connectivity index (χ0) is 21.6. The minimum absolute atomic E-state index is 0.157. The predicted molar refractivity (Wildman–Crippen MR) is 116 cm³/mol. The Bertz CT molecular complexity index is 1080. The van der Waals surface area contributed by atoms with Crippen LogP contribution in [-0.4, -0.2) is 49.6 Å². The van der Waals surface area contributed by atoms with E-state index in [1.165, 1.54) is 19.3 Å². The number of piperidine rings is 1. The standard InChI is InChI=1S/C23H29N5O3/c1-23(2,3)30-22(29)27-11-9-15(10-12-27)21-25-20(26-31-21)16-7-8-17-14-24-28(19(17)13-16)18-5-4-6-18/h7-8,13-15,18H,4-6,9-12H2,1-3H3. The molecule has 0 spiro atoms. The van der Waals surface area contributed by atoms with E-state index >= 15 is 0 Å². The Morgan fingerprint density at radius 1 is 1.16 bits per heavy atom. The third kappa shape index (κ3) is 4.03. The summed E-state index contributed by atoms with van der Waals surface area (Å²) < 4.78 is 13.2. The summed E-state index contributed by atoms with van der Waals surface area (Å²) in [5.41, 5.74) is 1.58. The fraction of sp³-hybridized carbons (Fsp3) is 0.565. The Morgan fingerprint density at radius 2 is 1.94 bits per heavy atom. The highest BCUT2D eigenvalue weighted by molar-refractivity contribution is 5.83. The van der Waals surface area contributed by atoms with Crippen LogP contribution in [0.1, 0.15) is 70.7 Å². The Kier molecular flexibility index (Phi) is 4.95. The first-order chi connectivity index (χ1) is 14.9. The van der Waals surface area contributed by atoms with Crippen molar-refractivity contribution in [2.24, 2.45) is 0 Å². The topological polar surface area (TPSA) is 86.3 Å². The predicted octanol–water partition coefficient (Wildman–Crippen LogP) is 4.93. The molecule has 0 atom stereocenters. The van der Waals surface area contributed by atoms with Crippen molar-refractivity contribution in [3.63, 3.8) is 0 Å². The molecule has 1 aromatic carbocycles. The van der Waals surface area contributed by atoms with Gasteiger partial charge in [-0.1, -0.05) is 17.3 Å². The van der Waals surface area contributed by atoms with Gasteiger partial charge in [-0.2, -0.15) is 10.1 Å². The molecule has 1 saturated carbocycles. The van der Waals surface area contributed by atoms with Crippen LogP contribution in [0.3, 0.4) is 0 Å². The average molecular weight is 424 g/mol. The lowest BCUT2D eigenvalue weighted by Gasteiger charge is -2.32. The number of nitrogens with zero attached hydrogens (tertiary/aromatic N) is 5. The second-order valence-electron chi connectivity index (χ2n) is 9.65. The van der Waals surface area contributed by atoms with E-state index in [0.717, 1.165) is 29.3 Å². The van der Waals surface area contributed by atoms with Crippen molar-refractivity contribution in [3.05, 3.63) is 30.3 Å². The number of rotatable bonds is 3. The lowest BCUT2D eigenvalue weighted by atomic mass is 9.93. The van der Waals surface area contributed by atoms with Gasteiger partial charge < -0.3 is 14.2 Å². The third-order valence-corrected chi connectivity index (χ3v) is 6.21. The van der Waals surface area contributed by atoms with Gasteiger partial charge in [-0.15, -0.1) is 0 Å². The van der Waals surface area contributed by atoms with Gasteiger partial charge in [0.1, 0.15) is 5.60 Å². The Labute approximate surface area is 181 Å². The molecule has 0 unspecified atom stereocenters. The third-order valence-electron chi connectivity index (χ3n) is 6.21. The Morgan fingerprint density at radius 3 is 2.61 bits per heavy atom. The van der Waals surface area contributed by atoms with Gasteiger partial charge in [0.05, 0.1) is 17.8 Å². The quantitative estimate of drug-likeness (QED) is 0.594. The highest BCUT2D eigenvalue weighted by atomic mass is 16.6. The second kappa shape index (κ2) is 7.66. The summed E-state index contributed by atoms with van der Waals surface area (Å²) in [6.07, 6.45) is 6.89. The van der Waals surface area contributed by atoms with Gasteiger partial charge in [0, 0.05) is 30.0 Å². The molecule has 1 aliphatic heterocycles. The van der Waals surface area contributed by atoms with E-state index in [1.54, 1.807) is 4.90 Å². The fourth-order valence-electron chi connectivity index (χ4n) is 4.25. The van der Waals surface area contributed by atoms with Crippen LogP contribution in [-0.2, 0) is 4.74 Å². The minimum Gasteiger partial charge on any atom is -0.444 e. The summed E-state index contributed by atoms with van der Waals surface area (Å²) in [5, 5.41) is 9.96. The van der Waals surface area contributed by atoms with Gasteiger partial charge >= 0.3 is 6.09 Å². The van der Waals surface area contributed by atoms with Gasteiger partial charge in [0.15, 0.2) is 0 Å². The first kappa shape index (κ1) is 20.0. The highest BCUT2D eigenvalue weighted by Gasteiger charge is 2.30. The van der Waals surface area contributed by atoms with Crippen molar-refractivity contribution in [3.8, 4) is 11.4 Å². The first-order valence-electron chi connectivity index (χ1n) is 11.2. The number of carbonyl (C=O) groups is 1. The molecule has 1 amide bonds. The monoisotopic (exact) mass is 423 g/mol. The number of carbonyl (C=O) groups excluding carboxylic acids is 1. The van der Waals surface area contributed by atoms with Crippen molar-refractivity contribution in [1.29, 1.82) is 0 Å². The number of ether oxygens (including phenoxy) is 1. The molecule has 0 bridgehead atoms. The highest BCUT2D eigenvalue weighted by Crippen LogP contribution is 2.35. The molecule has 0 N–H and O–H groups in total. The van der Waals surface area contributed by atoms with Crippen LogP contribution >= 0.6 is 0 Å². The van der Waals surface area contributed by atoms with Crippen molar-refractivity contribution < 1.29 is 14.1 Å². The van der Waals surface area contributed by atoms with Crippen molar-refractivity contribution in [1.82, 2.24) is 24.8 Å². The smallest absolute Gasteiger partial charge is 0.410 e. The number of fused-ring (bicyclic) bond motifs is 1. The normalized spacial score (nSPS) is 18.4. The zero-order valence-corrected chi connectivity index (χ0v) is 18.4. The average Bonchev–Trinajstić information content (AvgIpc) is 3.33. The van der Waals surface area contributed by atoms with Gasteiger partial charge in [-0.3, -0.25) is 4.68 Å². The van der Waals surface area contributed by atoms with Gasteiger partial charge in [0.2, 0.25) is 11.7 Å². The SMILES string of the molecule is CC(C)(C)OC(=O)N1CCC(c2nc(-c3ccc4cnn(C5CCC5)c4c3)no2)CC1. The van der Waals surface area contributed by atoms with Gasteiger partial charge in [0.25, 0.3) is 0 Å². The van der Waals surface area contributed by atoms with E-state index < -0.39 is 5.60 Å². The summed E-state index contributed by atoms with van der Waals surface area (Å²) in [5.74, 6) is 1.41. The second-order valence-corrected chi connectivity index (χ2v) is 9.65. The Hall–Kier alpha value is -2.90. The van der Waals surface area contributed by atoms with Crippen LogP contribution in [0, 0.1) is 0 Å². The molecule has 2 aliphatic rings. The molecular weight excluding hydrogens is 394 g/mol. The number of hydrogen-bond acceptors (Lipinski definition) is 6. The van der Waals surface area contributed by atoms with Crippen LogP contribution in [0.15, 0.2) is 28.9 Å². The van der Waals surface area contributed by atoms with E-state index in [4.69, 9.17) is 14.2 Å². The maximum Gasteiger partial charge on any atom is 0.410 e. The van der Waals surface area contributed by atoms with Crippen LogP contribution < -0.4 is 0 Å². The molecule has 2 fully saturated rings. The Balaban J connectivity index is 1.28. The maximum absolute atomic E-state index is 12.3. The summed E-state index contributed by atoms with van der Waals surface area (Å²) in [4.78, 5) is 18.7. The van der Waals surface area contributed by atoms with Crippen molar-refractivity contribution in [2.75, 3.05) is 13.1 Å². The van der Waals surface area contributed by atoms with Crippen LogP contribution in [0.4, 0.5) is 4.79 Å². The van der Waals surface area contributed by atoms with Gasteiger partial charge in [-0.25, -0.2) is 4.79 Å². The number of hydrogen-bond donors (Lipinski definition) is 0. The van der Waals surface area contributed by atoms with E-state index in [0.29, 0.717) is 30.8 Å². The molecule has 31 heavy (non-hydrogen) atoms. The molecule has 3 aromatic rings. The molecule has 8 heteroatoms. The number of amides is 1. The van der Waals surface area contributed by atoms with Crippen LogP contribution in [0.2, 0.25) is 0 Å². The summed E-state index contributed by atoms with van der Waals surface area (Å²) in [6.45, 7) is 6.91. The van der Waals surface area contributed by atoms with Crippen LogP contribution in [0.25, 0.3) is 22.3 Å². The number of benzene rings is 1. The maximum atomic E-state index is 12.3. The molecule has 1 saturated heterocycles. The van der Waals surface area contributed by atoms with E-state index in [-0.39, 0.29) is 12.0 Å². The lowest BCUT2D eigenvalue weighted by molar-refractivity contribution is 0.0198. The molecule has 2 aromatic heterocycles. The van der Waals surface area contributed by atoms with E-state index in [2.05, 4.69) is 27.1 Å². The molecule has 8 nitrogen and oxygen atoms in total. The van der Waals surface area contributed by atoms with Crippen molar-refractivity contribution in [2.45, 2.75) is 70.4 Å². The molecule has 3 heterocycles. The number of likely N-dealkylation sites (tertiary alicyclic amines) is 1. The largest absolute Gasteiger partial charge is 0.444 e. The van der Waals surface area contributed by atoms with E-state index in [1.807, 2.05) is 33.0 Å². The van der Waals surface area contributed by atoms with Crippen LogP contribution in [0.5, 0.6) is 0 Å². The molecular formula is C23H29N5O3. The lowest BCUT2D eigenvalue weighted by Crippen LogP contribution is -2.41. The summed E-state index contributed by atoms with van der Waals surface area (Å²) >= 11 is 0.